The Morgan fingerprint density at radius 3 is 2.76 bits per heavy atom. The quantitative estimate of drug-likeness (QED) is 0.471. The first kappa shape index (κ1) is 13.6. The topological polar surface area (TPSA) is 69.2 Å². The predicted octanol–water partition coefficient (Wildman–Crippen LogP) is 3.31. The van der Waals surface area contributed by atoms with Crippen molar-refractivity contribution in [1.82, 2.24) is 0 Å². The van der Waals surface area contributed by atoms with E-state index in [1.165, 1.54) is 6.07 Å². The fraction of sp³-hybridized carbons (Fsp3) is 0.500. The Morgan fingerprint density at radius 2 is 2.18 bits per heavy atom. The third kappa shape index (κ3) is 3.78. The van der Waals surface area contributed by atoms with Crippen LogP contribution in [0, 0.1) is 15.9 Å². The van der Waals surface area contributed by atoms with E-state index in [1.54, 1.807) is 0 Å². The van der Waals surface area contributed by atoms with Crippen LogP contribution in [0.15, 0.2) is 18.2 Å². The smallest absolute Gasteiger partial charge is 0.274 e. The summed E-state index contributed by atoms with van der Waals surface area (Å²) in [5.41, 5.74) is 6.05. The molecule has 0 unspecified atom stereocenters. The van der Waals surface area contributed by atoms with Gasteiger partial charge in [-0.2, -0.15) is 0 Å². The van der Waals surface area contributed by atoms with Gasteiger partial charge in [0.05, 0.1) is 4.92 Å². The van der Waals surface area contributed by atoms with E-state index in [9.17, 15) is 14.5 Å². The SMILES string of the molecule is CCCCC[C@H](N)c1cc(F)ccc1[N+](=O)[O-]. The molecule has 0 aliphatic rings. The van der Waals surface area contributed by atoms with E-state index >= 15 is 0 Å². The van der Waals surface area contributed by atoms with Crippen LogP contribution in [0.25, 0.3) is 0 Å². The second-order valence-corrected chi connectivity index (χ2v) is 4.06. The Kier molecular flexibility index (Phi) is 5.03. The van der Waals surface area contributed by atoms with Gasteiger partial charge in [-0.1, -0.05) is 26.2 Å². The highest BCUT2D eigenvalue weighted by atomic mass is 19.1. The molecule has 0 bridgehead atoms. The van der Waals surface area contributed by atoms with Crippen LogP contribution < -0.4 is 5.73 Å². The second kappa shape index (κ2) is 6.30. The number of benzene rings is 1. The van der Waals surface area contributed by atoms with Gasteiger partial charge in [0, 0.05) is 17.7 Å². The van der Waals surface area contributed by atoms with Crippen LogP contribution in [0.3, 0.4) is 0 Å². The van der Waals surface area contributed by atoms with Crippen LogP contribution >= 0.6 is 0 Å². The number of nitrogens with zero attached hydrogens (tertiary/aromatic N) is 1. The number of nitrogens with two attached hydrogens (primary N) is 1. The van der Waals surface area contributed by atoms with Crippen molar-refractivity contribution in [1.29, 1.82) is 0 Å². The number of nitro groups is 1. The third-order valence-electron chi connectivity index (χ3n) is 2.70. The van der Waals surface area contributed by atoms with E-state index in [0.717, 1.165) is 31.4 Å². The van der Waals surface area contributed by atoms with Gasteiger partial charge in [0.2, 0.25) is 0 Å². The van der Waals surface area contributed by atoms with Crippen molar-refractivity contribution < 1.29 is 9.31 Å². The van der Waals surface area contributed by atoms with Crippen molar-refractivity contribution in [2.75, 3.05) is 0 Å². The highest BCUT2D eigenvalue weighted by Gasteiger charge is 2.19. The molecule has 1 rings (SSSR count). The van der Waals surface area contributed by atoms with E-state index in [1.807, 2.05) is 0 Å². The third-order valence-corrected chi connectivity index (χ3v) is 2.70. The van der Waals surface area contributed by atoms with Gasteiger partial charge in [-0.15, -0.1) is 0 Å². The summed E-state index contributed by atoms with van der Waals surface area (Å²) in [4.78, 5) is 10.3. The Balaban J connectivity index is 2.86. The van der Waals surface area contributed by atoms with Gasteiger partial charge >= 0.3 is 0 Å². The van der Waals surface area contributed by atoms with Crippen LogP contribution in [-0.4, -0.2) is 4.92 Å². The van der Waals surface area contributed by atoms with E-state index in [-0.39, 0.29) is 11.3 Å². The van der Waals surface area contributed by atoms with Crippen LogP contribution in [-0.2, 0) is 0 Å². The van der Waals surface area contributed by atoms with Crippen molar-refractivity contribution in [2.45, 2.75) is 38.6 Å². The van der Waals surface area contributed by atoms with Crippen molar-refractivity contribution >= 4 is 5.69 Å². The van der Waals surface area contributed by atoms with E-state index < -0.39 is 16.8 Å². The fourth-order valence-electron chi connectivity index (χ4n) is 1.76. The Bertz CT molecular complexity index is 396. The molecule has 0 aliphatic heterocycles. The van der Waals surface area contributed by atoms with Crippen molar-refractivity contribution in [3.63, 3.8) is 0 Å². The molecule has 94 valence electrons. The lowest BCUT2D eigenvalue weighted by molar-refractivity contribution is -0.385. The second-order valence-electron chi connectivity index (χ2n) is 4.06. The maximum Gasteiger partial charge on any atom is 0.274 e. The van der Waals surface area contributed by atoms with Gasteiger partial charge in [-0.3, -0.25) is 10.1 Å². The normalized spacial score (nSPS) is 12.4. The summed E-state index contributed by atoms with van der Waals surface area (Å²) < 4.78 is 13.1. The molecule has 0 aliphatic carbocycles. The summed E-state index contributed by atoms with van der Waals surface area (Å²) in [6, 6.07) is 2.94. The molecule has 1 aromatic rings. The lowest BCUT2D eigenvalue weighted by Crippen LogP contribution is -2.12. The molecule has 1 aromatic carbocycles. The van der Waals surface area contributed by atoms with Crippen LogP contribution in [0.5, 0.6) is 0 Å². The van der Waals surface area contributed by atoms with Gasteiger partial charge in [-0.25, -0.2) is 4.39 Å². The molecule has 0 fully saturated rings. The van der Waals surface area contributed by atoms with Gasteiger partial charge in [0.25, 0.3) is 5.69 Å². The lowest BCUT2D eigenvalue weighted by atomic mass is 9.99. The van der Waals surface area contributed by atoms with E-state index in [2.05, 4.69) is 6.92 Å². The van der Waals surface area contributed by atoms with Gasteiger partial charge in [0.15, 0.2) is 0 Å². The molecule has 0 spiro atoms. The fourth-order valence-corrected chi connectivity index (χ4v) is 1.76. The Morgan fingerprint density at radius 1 is 1.47 bits per heavy atom. The monoisotopic (exact) mass is 240 g/mol. The summed E-state index contributed by atoms with van der Waals surface area (Å²) in [6.45, 7) is 2.07. The number of hydrogen-bond acceptors (Lipinski definition) is 3. The van der Waals surface area contributed by atoms with Crippen LogP contribution in [0.1, 0.15) is 44.2 Å². The molecule has 0 aromatic heterocycles. The number of hydrogen-bond donors (Lipinski definition) is 1. The number of rotatable bonds is 6. The summed E-state index contributed by atoms with van der Waals surface area (Å²) >= 11 is 0. The highest BCUT2D eigenvalue weighted by Crippen LogP contribution is 2.27. The number of nitro benzene ring substituents is 1. The molecule has 1 atom stereocenters. The van der Waals surface area contributed by atoms with Crippen molar-refractivity contribution in [3.05, 3.63) is 39.7 Å². The van der Waals surface area contributed by atoms with Crippen LogP contribution in [0.4, 0.5) is 10.1 Å². The number of unbranched alkanes of at least 4 members (excludes halogenated alkanes) is 2. The maximum atomic E-state index is 13.1. The van der Waals surface area contributed by atoms with E-state index in [0.29, 0.717) is 6.42 Å². The summed E-state index contributed by atoms with van der Waals surface area (Å²) in [5, 5.41) is 10.8. The summed E-state index contributed by atoms with van der Waals surface area (Å²) in [7, 11) is 0. The molecule has 2 N–H and O–H groups in total. The van der Waals surface area contributed by atoms with Crippen molar-refractivity contribution in [2.24, 2.45) is 5.73 Å². The summed E-state index contributed by atoms with van der Waals surface area (Å²) in [5.74, 6) is -0.489. The average Bonchev–Trinajstić information content (AvgIpc) is 2.28. The largest absolute Gasteiger partial charge is 0.324 e. The molecule has 0 amide bonds. The van der Waals surface area contributed by atoms with Gasteiger partial charge < -0.3 is 5.73 Å². The van der Waals surface area contributed by atoms with E-state index in [4.69, 9.17) is 5.73 Å². The Labute approximate surface area is 99.8 Å². The molecular formula is C12H17FN2O2. The van der Waals surface area contributed by atoms with Gasteiger partial charge in [0.1, 0.15) is 5.82 Å². The predicted molar refractivity (Wildman–Crippen MR) is 64.1 cm³/mol. The Hall–Kier alpha value is -1.49. The molecule has 0 heterocycles. The first-order valence-corrected chi connectivity index (χ1v) is 5.75. The molecule has 4 nitrogen and oxygen atoms in total. The zero-order valence-corrected chi connectivity index (χ0v) is 9.86. The summed E-state index contributed by atoms with van der Waals surface area (Å²) in [6.07, 6.45) is 3.61. The zero-order valence-electron chi connectivity index (χ0n) is 9.86. The highest BCUT2D eigenvalue weighted by molar-refractivity contribution is 5.42. The molecule has 5 heteroatoms. The molecule has 0 saturated carbocycles. The minimum atomic E-state index is -0.519. The average molecular weight is 240 g/mol. The van der Waals surface area contributed by atoms with Crippen LogP contribution in [0.2, 0.25) is 0 Å². The zero-order chi connectivity index (χ0) is 12.8. The van der Waals surface area contributed by atoms with Crippen molar-refractivity contribution in [3.8, 4) is 0 Å². The lowest BCUT2D eigenvalue weighted by Gasteiger charge is -2.12. The molecule has 0 radical (unpaired) electrons. The first-order valence-electron chi connectivity index (χ1n) is 5.75. The minimum absolute atomic E-state index is 0.101. The molecular weight excluding hydrogens is 223 g/mol. The minimum Gasteiger partial charge on any atom is -0.324 e. The maximum absolute atomic E-state index is 13.1. The molecule has 0 saturated heterocycles. The number of halogens is 1. The van der Waals surface area contributed by atoms with Gasteiger partial charge in [-0.05, 0) is 18.6 Å². The standard InChI is InChI=1S/C12H17FN2O2/c1-2-3-4-5-11(14)10-8-9(13)6-7-12(10)15(16)17/h6-8,11H,2-5,14H2,1H3/t11-/m0/s1. The molecule has 17 heavy (non-hydrogen) atoms. The first-order chi connectivity index (χ1) is 8.06.